The Morgan fingerprint density at radius 2 is 1.95 bits per heavy atom. The molecule has 1 aliphatic heterocycles. The summed E-state index contributed by atoms with van der Waals surface area (Å²) in [6.45, 7) is 0.759. The molecule has 2 nitrogen and oxygen atoms in total. The molecule has 0 aromatic heterocycles. The predicted octanol–water partition coefficient (Wildman–Crippen LogP) is 4.40. The van der Waals surface area contributed by atoms with E-state index in [1.807, 2.05) is 18.2 Å². The van der Waals surface area contributed by atoms with Crippen molar-refractivity contribution in [2.75, 3.05) is 6.61 Å². The third-order valence-corrected chi connectivity index (χ3v) is 4.08. The van der Waals surface area contributed by atoms with Crippen LogP contribution < -0.4 is 4.74 Å². The molecule has 20 heavy (non-hydrogen) atoms. The predicted molar refractivity (Wildman–Crippen MR) is 80.8 cm³/mol. The Morgan fingerprint density at radius 1 is 1.10 bits per heavy atom. The van der Waals surface area contributed by atoms with Crippen molar-refractivity contribution < 1.29 is 9.84 Å². The molecule has 2 aromatic carbocycles. The maximum atomic E-state index is 10.5. The summed E-state index contributed by atoms with van der Waals surface area (Å²) in [5.41, 5.74) is 2.56. The number of benzene rings is 2. The molecule has 1 N–H and O–H groups in total. The summed E-state index contributed by atoms with van der Waals surface area (Å²) in [6, 6.07) is 10.9. The van der Waals surface area contributed by atoms with Gasteiger partial charge >= 0.3 is 0 Å². The second kappa shape index (κ2) is 5.65. The maximum Gasteiger partial charge on any atom is 0.122 e. The zero-order valence-corrected chi connectivity index (χ0v) is 12.3. The largest absolute Gasteiger partial charge is 0.493 e. The summed E-state index contributed by atoms with van der Waals surface area (Å²) in [7, 11) is 0. The van der Waals surface area contributed by atoms with E-state index in [0.717, 1.165) is 36.3 Å². The standard InChI is InChI=1S/C16H14Cl2O2/c17-12-4-5-14(18)13(9-12)16(19)11-3-6-15-10(8-11)2-1-7-20-15/h3-6,8-9,16,19H,1-2,7H2. The van der Waals surface area contributed by atoms with Gasteiger partial charge in [0.05, 0.1) is 6.61 Å². The van der Waals surface area contributed by atoms with Gasteiger partial charge in [0, 0.05) is 15.6 Å². The van der Waals surface area contributed by atoms with Crippen LogP contribution in [-0.4, -0.2) is 11.7 Å². The third kappa shape index (κ3) is 2.64. The number of hydrogen-bond acceptors (Lipinski definition) is 2. The zero-order valence-electron chi connectivity index (χ0n) is 10.8. The van der Waals surface area contributed by atoms with Gasteiger partial charge in [-0.05, 0) is 54.3 Å². The quantitative estimate of drug-likeness (QED) is 0.891. The lowest BCUT2D eigenvalue weighted by atomic mass is 9.97. The molecule has 1 unspecified atom stereocenters. The van der Waals surface area contributed by atoms with Gasteiger partial charge in [0.25, 0.3) is 0 Å². The molecule has 0 radical (unpaired) electrons. The van der Waals surface area contributed by atoms with E-state index in [9.17, 15) is 5.11 Å². The zero-order chi connectivity index (χ0) is 14.1. The summed E-state index contributed by atoms with van der Waals surface area (Å²) < 4.78 is 5.58. The smallest absolute Gasteiger partial charge is 0.122 e. The Balaban J connectivity index is 1.97. The van der Waals surface area contributed by atoms with Gasteiger partial charge in [-0.3, -0.25) is 0 Å². The van der Waals surface area contributed by atoms with E-state index in [2.05, 4.69) is 0 Å². The number of aryl methyl sites for hydroxylation is 1. The summed E-state index contributed by atoms with van der Waals surface area (Å²) >= 11 is 12.1. The van der Waals surface area contributed by atoms with Crippen molar-refractivity contribution in [3.63, 3.8) is 0 Å². The van der Waals surface area contributed by atoms with Crippen LogP contribution in [0.15, 0.2) is 36.4 Å². The van der Waals surface area contributed by atoms with E-state index < -0.39 is 6.10 Å². The fraction of sp³-hybridized carbons (Fsp3) is 0.250. The molecule has 1 aliphatic rings. The lowest BCUT2D eigenvalue weighted by Crippen LogP contribution is -2.09. The van der Waals surface area contributed by atoms with E-state index in [1.165, 1.54) is 0 Å². The molecule has 4 heteroatoms. The second-order valence-corrected chi connectivity index (χ2v) is 5.73. The van der Waals surface area contributed by atoms with Crippen LogP contribution in [-0.2, 0) is 6.42 Å². The molecule has 0 bridgehead atoms. The van der Waals surface area contributed by atoms with Crippen LogP contribution in [0.4, 0.5) is 0 Å². The van der Waals surface area contributed by atoms with Crippen molar-refractivity contribution in [3.8, 4) is 5.75 Å². The molecular weight excluding hydrogens is 295 g/mol. The Kier molecular flexibility index (Phi) is 3.88. The first-order valence-electron chi connectivity index (χ1n) is 6.54. The normalized spacial score (nSPS) is 15.3. The summed E-state index contributed by atoms with van der Waals surface area (Å²) in [5, 5.41) is 11.6. The molecule has 0 spiro atoms. The first-order chi connectivity index (χ1) is 9.65. The maximum absolute atomic E-state index is 10.5. The molecule has 0 saturated carbocycles. The third-order valence-electron chi connectivity index (χ3n) is 3.50. The Bertz CT molecular complexity index is 640. The Labute approximate surface area is 127 Å². The minimum absolute atomic E-state index is 0.510. The molecule has 0 amide bonds. The summed E-state index contributed by atoms with van der Waals surface area (Å²) in [6.07, 6.45) is 1.19. The van der Waals surface area contributed by atoms with Gasteiger partial charge in [0.2, 0.25) is 0 Å². The molecule has 1 heterocycles. The van der Waals surface area contributed by atoms with Crippen LogP contribution in [0, 0.1) is 0 Å². The van der Waals surface area contributed by atoms with Crippen LogP contribution in [0.1, 0.15) is 29.2 Å². The van der Waals surface area contributed by atoms with E-state index in [0.29, 0.717) is 15.6 Å². The second-order valence-electron chi connectivity index (χ2n) is 4.89. The lowest BCUT2D eigenvalue weighted by Gasteiger charge is -2.20. The number of ether oxygens (including phenoxy) is 1. The number of halogens is 2. The summed E-state index contributed by atoms with van der Waals surface area (Å²) in [5.74, 6) is 0.907. The Morgan fingerprint density at radius 3 is 2.80 bits per heavy atom. The van der Waals surface area contributed by atoms with Gasteiger partial charge in [0.15, 0.2) is 0 Å². The SMILES string of the molecule is OC(c1ccc2c(c1)CCCO2)c1cc(Cl)ccc1Cl. The molecule has 0 aliphatic carbocycles. The highest BCUT2D eigenvalue weighted by atomic mass is 35.5. The minimum atomic E-state index is -0.784. The summed E-state index contributed by atoms with van der Waals surface area (Å²) in [4.78, 5) is 0. The molecule has 1 atom stereocenters. The average Bonchev–Trinajstić information content (AvgIpc) is 2.48. The fourth-order valence-corrected chi connectivity index (χ4v) is 2.86. The van der Waals surface area contributed by atoms with Crippen LogP contribution in [0.3, 0.4) is 0 Å². The van der Waals surface area contributed by atoms with E-state index >= 15 is 0 Å². The Hall–Kier alpha value is -1.22. The van der Waals surface area contributed by atoms with Crippen LogP contribution >= 0.6 is 23.2 Å². The van der Waals surface area contributed by atoms with Crippen molar-refractivity contribution >= 4 is 23.2 Å². The van der Waals surface area contributed by atoms with Crippen LogP contribution in [0.5, 0.6) is 5.75 Å². The number of hydrogen-bond donors (Lipinski definition) is 1. The van der Waals surface area contributed by atoms with Crippen LogP contribution in [0.2, 0.25) is 10.0 Å². The van der Waals surface area contributed by atoms with E-state index in [1.54, 1.807) is 18.2 Å². The van der Waals surface area contributed by atoms with Gasteiger partial charge in [-0.15, -0.1) is 0 Å². The molecular formula is C16H14Cl2O2. The fourth-order valence-electron chi connectivity index (χ4n) is 2.45. The average molecular weight is 309 g/mol. The van der Waals surface area contributed by atoms with Crippen LogP contribution in [0.25, 0.3) is 0 Å². The van der Waals surface area contributed by atoms with Crippen molar-refractivity contribution in [1.82, 2.24) is 0 Å². The molecule has 0 saturated heterocycles. The van der Waals surface area contributed by atoms with Gasteiger partial charge in [-0.2, -0.15) is 0 Å². The number of fused-ring (bicyclic) bond motifs is 1. The van der Waals surface area contributed by atoms with Gasteiger partial charge < -0.3 is 9.84 Å². The highest BCUT2D eigenvalue weighted by Gasteiger charge is 2.17. The highest BCUT2D eigenvalue weighted by molar-refractivity contribution is 6.33. The topological polar surface area (TPSA) is 29.5 Å². The first kappa shape index (κ1) is 13.7. The molecule has 0 fully saturated rings. The van der Waals surface area contributed by atoms with Crippen molar-refractivity contribution in [3.05, 3.63) is 63.1 Å². The van der Waals surface area contributed by atoms with Gasteiger partial charge in [-0.25, -0.2) is 0 Å². The monoisotopic (exact) mass is 308 g/mol. The number of rotatable bonds is 2. The van der Waals surface area contributed by atoms with E-state index in [-0.39, 0.29) is 0 Å². The number of aliphatic hydroxyl groups is 1. The molecule has 104 valence electrons. The molecule has 3 rings (SSSR count). The minimum Gasteiger partial charge on any atom is -0.493 e. The van der Waals surface area contributed by atoms with Crippen molar-refractivity contribution in [1.29, 1.82) is 0 Å². The first-order valence-corrected chi connectivity index (χ1v) is 7.29. The lowest BCUT2D eigenvalue weighted by molar-refractivity contribution is 0.219. The highest BCUT2D eigenvalue weighted by Crippen LogP contribution is 2.33. The van der Waals surface area contributed by atoms with Crippen molar-refractivity contribution in [2.45, 2.75) is 18.9 Å². The molecule has 2 aromatic rings. The van der Waals surface area contributed by atoms with Gasteiger partial charge in [0.1, 0.15) is 11.9 Å². The van der Waals surface area contributed by atoms with E-state index in [4.69, 9.17) is 27.9 Å². The number of aliphatic hydroxyl groups excluding tert-OH is 1. The van der Waals surface area contributed by atoms with Gasteiger partial charge in [-0.1, -0.05) is 29.3 Å². The van der Waals surface area contributed by atoms with Crippen molar-refractivity contribution in [2.24, 2.45) is 0 Å².